The second-order valence-electron chi connectivity index (χ2n) is 18.7. The summed E-state index contributed by atoms with van der Waals surface area (Å²) in [5, 5.41) is 2.50. The summed E-state index contributed by atoms with van der Waals surface area (Å²) in [7, 11) is 0. The van der Waals surface area contributed by atoms with Crippen LogP contribution in [0.3, 0.4) is 0 Å². The van der Waals surface area contributed by atoms with Crippen LogP contribution in [0.15, 0.2) is 249 Å². The third-order valence-corrected chi connectivity index (χ3v) is 14.5. The van der Waals surface area contributed by atoms with Crippen molar-refractivity contribution in [3.8, 4) is 72.4 Å². The molecule has 0 atom stereocenters. The lowest BCUT2D eigenvalue weighted by molar-refractivity contribution is 0.805. The molecule has 13 rings (SSSR count). The normalized spacial score (nSPS) is 12.6. The predicted octanol–water partition coefficient (Wildman–Crippen LogP) is 18.2. The highest BCUT2D eigenvalue weighted by atomic mass is 15.1. The highest BCUT2D eigenvalue weighted by molar-refractivity contribution is 5.90. The molecule has 0 amide bonds. The monoisotopic (exact) mass is 894 g/mol. The minimum Gasteiger partial charge on any atom is -0.317 e. The summed E-state index contributed by atoms with van der Waals surface area (Å²) in [4.78, 5) is 2.39. The van der Waals surface area contributed by atoms with Crippen molar-refractivity contribution in [2.24, 2.45) is 0 Å². The Morgan fingerprint density at radius 1 is 0.329 bits per heavy atom. The maximum absolute atomic E-state index is 2.63. The highest BCUT2D eigenvalue weighted by Gasteiger charge is 2.29. The number of hydrogen-bond acceptors (Lipinski definition) is 1. The summed E-state index contributed by atoms with van der Waals surface area (Å²) >= 11 is 0. The number of fused-ring (bicyclic) bond motifs is 6. The maximum Gasteiger partial charge on any atom is 0.0468 e. The molecule has 0 unspecified atom stereocenters. The number of hydrogen-bond donors (Lipinski definition) is 0. The fraction of sp³-hybridized carbons (Fsp3) is 0.0588. The smallest absolute Gasteiger partial charge is 0.0468 e. The van der Waals surface area contributed by atoms with Gasteiger partial charge in [0.1, 0.15) is 0 Å². The van der Waals surface area contributed by atoms with Crippen LogP contribution >= 0.6 is 0 Å². The Morgan fingerprint density at radius 3 is 1.56 bits per heavy atom. The van der Waals surface area contributed by atoms with Crippen LogP contribution in [-0.4, -0.2) is 4.57 Å². The van der Waals surface area contributed by atoms with Crippen LogP contribution in [0.5, 0.6) is 0 Å². The van der Waals surface area contributed by atoms with Crippen molar-refractivity contribution < 1.29 is 0 Å². The van der Waals surface area contributed by atoms with Crippen molar-refractivity contribution in [1.82, 2.24) is 4.57 Å². The van der Waals surface area contributed by atoms with Gasteiger partial charge in [0.2, 0.25) is 0 Å². The van der Waals surface area contributed by atoms with E-state index in [4.69, 9.17) is 0 Å². The van der Waals surface area contributed by atoms with E-state index in [-0.39, 0.29) is 0 Å². The van der Waals surface area contributed by atoms with Crippen molar-refractivity contribution in [2.75, 3.05) is 4.90 Å². The molecule has 1 heterocycles. The van der Waals surface area contributed by atoms with Gasteiger partial charge in [0.05, 0.1) is 0 Å². The highest BCUT2D eigenvalue weighted by Crippen LogP contribution is 2.45. The fourth-order valence-electron chi connectivity index (χ4n) is 11.1. The molecule has 10 aromatic carbocycles. The molecule has 2 aliphatic carbocycles. The van der Waals surface area contributed by atoms with E-state index in [0.29, 0.717) is 0 Å². The summed E-state index contributed by atoms with van der Waals surface area (Å²) in [5.41, 5.74) is 25.0. The first-order valence-electron chi connectivity index (χ1n) is 24.7. The van der Waals surface area contributed by atoms with Gasteiger partial charge in [-0.3, -0.25) is 0 Å². The quantitative estimate of drug-likeness (QED) is 0.140. The molecule has 0 saturated heterocycles. The van der Waals surface area contributed by atoms with Crippen LogP contribution in [0, 0.1) is 0 Å². The molecule has 70 heavy (non-hydrogen) atoms. The molecule has 2 aliphatic rings. The van der Waals surface area contributed by atoms with Gasteiger partial charge in [0, 0.05) is 45.3 Å². The lowest BCUT2D eigenvalue weighted by Gasteiger charge is -2.26. The third-order valence-electron chi connectivity index (χ3n) is 14.5. The van der Waals surface area contributed by atoms with Crippen LogP contribution in [0.4, 0.5) is 17.1 Å². The van der Waals surface area contributed by atoms with Crippen molar-refractivity contribution in [1.29, 1.82) is 0 Å². The van der Waals surface area contributed by atoms with E-state index in [2.05, 4.69) is 264 Å². The number of allylic oxidation sites excluding steroid dienone is 1. The van der Waals surface area contributed by atoms with Gasteiger partial charge in [-0.1, -0.05) is 194 Å². The topological polar surface area (TPSA) is 8.17 Å². The van der Waals surface area contributed by atoms with E-state index in [1.54, 1.807) is 0 Å². The molecule has 0 fully saturated rings. The van der Waals surface area contributed by atoms with Crippen LogP contribution in [0.25, 0.3) is 89.3 Å². The second kappa shape index (κ2) is 17.7. The Bertz CT molecular complexity index is 3730. The number of benzene rings is 10. The van der Waals surface area contributed by atoms with Crippen LogP contribution < -0.4 is 4.90 Å². The molecule has 2 nitrogen and oxygen atoms in total. The van der Waals surface area contributed by atoms with Crippen molar-refractivity contribution in [3.63, 3.8) is 0 Å². The zero-order valence-electron chi connectivity index (χ0n) is 39.0. The molecule has 0 saturated carbocycles. The third kappa shape index (κ3) is 7.65. The first-order chi connectivity index (χ1) is 34.7. The van der Waals surface area contributed by atoms with Gasteiger partial charge in [-0.15, -0.1) is 0 Å². The van der Waals surface area contributed by atoms with Gasteiger partial charge in [-0.2, -0.15) is 0 Å². The zero-order valence-corrected chi connectivity index (χ0v) is 39.0. The van der Waals surface area contributed by atoms with Crippen molar-refractivity contribution >= 4 is 33.9 Å². The average molecular weight is 895 g/mol. The second-order valence-corrected chi connectivity index (χ2v) is 18.7. The van der Waals surface area contributed by atoms with E-state index >= 15 is 0 Å². The summed E-state index contributed by atoms with van der Waals surface area (Å²) < 4.78 is 2.63. The minimum absolute atomic E-state index is 1.01. The number of aryl methyl sites for hydroxylation is 1. The number of rotatable bonds is 9. The Labute approximate surface area is 410 Å². The zero-order chi connectivity index (χ0) is 46.4. The number of anilines is 3. The van der Waals surface area contributed by atoms with E-state index in [1.807, 2.05) is 0 Å². The summed E-state index contributed by atoms with van der Waals surface area (Å²) in [5.74, 6) is 0. The molecule has 0 aliphatic heterocycles. The lowest BCUT2D eigenvalue weighted by Crippen LogP contribution is -2.10. The largest absolute Gasteiger partial charge is 0.317 e. The van der Waals surface area contributed by atoms with E-state index in [9.17, 15) is 0 Å². The molecule has 1 aromatic heterocycles. The molecule has 0 bridgehead atoms. The van der Waals surface area contributed by atoms with E-state index in [0.717, 1.165) is 42.7 Å². The van der Waals surface area contributed by atoms with E-state index < -0.39 is 0 Å². The molecular formula is C68H50N2. The van der Waals surface area contributed by atoms with Crippen LogP contribution in [-0.2, 0) is 19.3 Å². The number of aromatic nitrogens is 1. The van der Waals surface area contributed by atoms with E-state index in [1.165, 1.54) is 106 Å². The molecule has 11 aromatic rings. The first-order valence-corrected chi connectivity index (χ1v) is 24.7. The Morgan fingerprint density at radius 2 is 0.857 bits per heavy atom. The summed E-state index contributed by atoms with van der Waals surface area (Å²) in [6.45, 7) is 0. The molecule has 332 valence electrons. The SMILES string of the molecule is C1=Cc2c3c(n(-c4cc(-c5ccc(N(c6ccc(-c7ccc(-c8ccccc8)cc7)cc6)c6cccc(-c7ccccc7)c6)cc5)cc(-c5ccc6ccccc6c5)c4)c2CC1)CCc1ccccc1-3. The van der Waals surface area contributed by atoms with Gasteiger partial charge in [0.15, 0.2) is 0 Å². The Balaban J connectivity index is 0.920. The molecule has 0 radical (unpaired) electrons. The molecule has 2 heteroatoms. The van der Waals surface area contributed by atoms with Crippen molar-refractivity contribution in [2.45, 2.75) is 25.7 Å². The van der Waals surface area contributed by atoms with Gasteiger partial charge >= 0.3 is 0 Å². The van der Waals surface area contributed by atoms with Crippen LogP contribution in [0.1, 0.15) is 28.9 Å². The molecule has 0 N–H and O–H groups in total. The average Bonchev–Trinajstić information content (AvgIpc) is 3.79. The summed E-state index contributed by atoms with van der Waals surface area (Å²) in [6.07, 6.45) is 8.88. The number of nitrogens with zero attached hydrogens (tertiary/aromatic N) is 2. The predicted molar refractivity (Wildman–Crippen MR) is 295 cm³/mol. The minimum atomic E-state index is 1.01. The van der Waals surface area contributed by atoms with Crippen LogP contribution in [0.2, 0.25) is 0 Å². The van der Waals surface area contributed by atoms with Gasteiger partial charge in [0.25, 0.3) is 0 Å². The molecule has 0 spiro atoms. The Kier molecular flexibility index (Phi) is 10.5. The summed E-state index contributed by atoms with van der Waals surface area (Å²) in [6, 6.07) is 89.2. The standard InChI is InChI=1S/C68H50N2/c1-3-14-47(15-4-1)50-26-28-51(29-27-50)52-32-37-60(38-33-52)69(62-22-13-21-56(44-62)48-16-5-2-6-17-48)61-39-34-53(35-40-61)58-43-59(57-31-30-49-18-7-8-20-55(49)42-57)46-63(45-58)70-66-25-12-11-24-65(66)68-64-23-10-9-19-54(64)36-41-67(68)70/h1-11,13-24,26-35,37-40,42-46H,12,25,36,41H2. The lowest BCUT2D eigenvalue weighted by atomic mass is 9.86. The Hall–Kier alpha value is -8.72. The molecular weight excluding hydrogens is 845 g/mol. The fourth-order valence-corrected chi connectivity index (χ4v) is 11.1. The first kappa shape index (κ1) is 41.5. The van der Waals surface area contributed by atoms with Gasteiger partial charge < -0.3 is 9.47 Å². The van der Waals surface area contributed by atoms with Crippen molar-refractivity contribution in [3.05, 3.63) is 271 Å². The van der Waals surface area contributed by atoms with Gasteiger partial charge in [-0.05, 0) is 164 Å². The maximum atomic E-state index is 2.63. The van der Waals surface area contributed by atoms with Gasteiger partial charge in [-0.25, -0.2) is 0 Å².